The fraction of sp³-hybridized carbons (Fsp3) is 0.471. The molecule has 1 aromatic heterocycles. The topological polar surface area (TPSA) is 42.2 Å². The van der Waals surface area contributed by atoms with E-state index in [4.69, 9.17) is 0 Å². The van der Waals surface area contributed by atoms with Gasteiger partial charge in [0.25, 0.3) is 0 Å². The van der Waals surface area contributed by atoms with Crippen LogP contribution in [0.2, 0.25) is 0 Å². The Balaban J connectivity index is 2.82. The molecule has 0 aliphatic heterocycles. The van der Waals surface area contributed by atoms with Crippen LogP contribution in [0, 0.1) is 13.8 Å². The van der Waals surface area contributed by atoms with Crippen molar-refractivity contribution >= 4 is 16.9 Å². The highest BCUT2D eigenvalue weighted by molar-refractivity contribution is 6.05. The van der Waals surface area contributed by atoms with Gasteiger partial charge in [-0.3, -0.25) is 0 Å². The summed E-state index contributed by atoms with van der Waals surface area (Å²) < 4.78 is 2.15. The third kappa shape index (κ3) is 2.21. The first-order valence-electron chi connectivity index (χ1n) is 7.37. The van der Waals surface area contributed by atoms with Crippen LogP contribution in [0.5, 0.6) is 0 Å². The molecule has 2 aromatic rings. The van der Waals surface area contributed by atoms with Gasteiger partial charge >= 0.3 is 5.97 Å². The molecule has 0 radical (unpaired) electrons. The summed E-state index contributed by atoms with van der Waals surface area (Å²) in [5.74, 6) is -0.831. The molecule has 0 aliphatic carbocycles. The van der Waals surface area contributed by atoms with Crippen molar-refractivity contribution in [1.29, 1.82) is 0 Å². The van der Waals surface area contributed by atoms with Gasteiger partial charge in [0.2, 0.25) is 0 Å². The van der Waals surface area contributed by atoms with Crippen LogP contribution in [-0.4, -0.2) is 15.6 Å². The Labute approximate surface area is 120 Å². The fourth-order valence-corrected chi connectivity index (χ4v) is 3.08. The van der Waals surface area contributed by atoms with E-state index >= 15 is 0 Å². The first-order valence-corrected chi connectivity index (χ1v) is 7.37. The summed E-state index contributed by atoms with van der Waals surface area (Å²) in [6.45, 7) is 9.04. The molecular weight excluding hydrogens is 250 g/mol. The van der Waals surface area contributed by atoms with Crippen molar-refractivity contribution in [3.8, 4) is 0 Å². The summed E-state index contributed by atoms with van der Waals surface area (Å²) in [6, 6.07) is 4.02. The summed E-state index contributed by atoms with van der Waals surface area (Å²) in [4.78, 5) is 11.6. The van der Waals surface area contributed by atoms with Crippen molar-refractivity contribution in [3.05, 3.63) is 34.5 Å². The number of hydrogen-bond donors (Lipinski definition) is 1. The molecule has 0 atom stereocenters. The van der Waals surface area contributed by atoms with E-state index in [-0.39, 0.29) is 0 Å². The monoisotopic (exact) mass is 273 g/mol. The highest BCUT2D eigenvalue weighted by Crippen LogP contribution is 2.31. The molecule has 0 saturated carbocycles. The summed E-state index contributed by atoms with van der Waals surface area (Å²) in [6.07, 6.45) is 3.31. The Morgan fingerprint density at radius 1 is 1.25 bits per heavy atom. The second-order valence-corrected chi connectivity index (χ2v) is 5.37. The number of aryl methyl sites for hydroxylation is 3. The Kier molecular flexibility index (Phi) is 4.17. The van der Waals surface area contributed by atoms with Gasteiger partial charge in [0.15, 0.2) is 0 Å². The Morgan fingerprint density at radius 2 is 1.95 bits per heavy atom. The molecule has 0 amide bonds. The number of carbonyl (C=O) groups is 1. The number of nitrogens with zero attached hydrogens (tertiary/aromatic N) is 1. The van der Waals surface area contributed by atoms with Crippen LogP contribution in [0.3, 0.4) is 0 Å². The van der Waals surface area contributed by atoms with E-state index in [1.54, 1.807) is 0 Å². The maximum absolute atomic E-state index is 11.6. The van der Waals surface area contributed by atoms with Gasteiger partial charge < -0.3 is 9.67 Å². The molecule has 0 saturated heterocycles. The van der Waals surface area contributed by atoms with Crippen LogP contribution in [0.25, 0.3) is 10.9 Å². The van der Waals surface area contributed by atoms with Gasteiger partial charge in [0.05, 0.1) is 11.1 Å². The smallest absolute Gasteiger partial charge is 0.338 e. The van der Waals surface area contributed by atoms with E-state index in [2.05, 4.69) is 31.4 Å². The zero-order chi connectivity index (χ0) is 14.9. The van der Waals surface area contributed by atoms with Crippen LogP contribution < -0.4 is 0 Å². The first-order chi connectivity index (χ1) is 9.52. The molecule has 0 unspecified atom stereocenters. The van der Waals surface area contributed by atoms with Crippen molar-refractivity contribution in [1.82, 2.24) is 4.57 Å². The van der Waals surface area contributed by atoms with Crippen molar-refractivity contribution in [2.24, 2.45) is 0 Å². The minimum atomic E-state index is -0.831. The van der Waals surface area contributed by atoms with E-state index in [1.807, 2.05) is 13.0 Å². The average molecular weight is 273 g/mol. The van der Waals surface area contributed by atoms with E-state index in [0.717, 1.165) is 42.3 Å². The third-order valence-electron chi connectivity index (χ3n) is 4.13. The molecule has 0 fully saturated rings. The van der Waals surface area contributed by atoms with Gasteiger partial charge in [-0.2, -0.15) is 0 Å². The number of rotatable bonds is 5. The van der Waals surface area contributed by atoms with Gasteiger partial charge in [-0.1, -0.05) is 25.5 Å². The van der Waals surface area contributed by atoms with Crippen LogP contribution >= 0.6 is 0 Å². The average Bonchev–Trinajstić information content (AvgIpc) is 2.67. The standard InChI is InChI=1S/C17H23NO2/c1-5-7-8-13-12(4)18(6-2)16-14(13)10-9-11(3)15(16)17(19)20/h9-10H,5-8H2,1-4H3,(H,19,20). The lowest BCUT2D eigenvalue weighted by Crippen LogP contribution is -2.05. The number of aromatic nitrogens is 1. The Hall–Kier alpha value is -1.77. The molecule has 1 aromatic carbocycles. The number of carboxylic acid groups (broad SMARTS) is 1. The number of carboxylic acids is 1. The van der Waals surface area contributed by atoms with E-state index in [1.165, 1.54) is 11.3 Å². The lowest BCUT2D eigenvalue weighted by Gasteiger charge is -2.08. The van der Waals surface area contributed by atoms with Gasteiger partial charge in [-0.15, -0.1) is 0 Å². The number of unbranched alkanes of at least 4 members (excludes halogenated alkanes) is 1. The molecule has 0 bridgehead atoms. The zero-order valence-corrected chi connectivity index (χ0v) is 12.8. The van der Waals surface area contributed by atoms with Crippen LogP contribution in [0.1, 0.15) is 53.9 Å². The van der Waals surface area contributed by atoms with Crippen molar-refractivity contribution < 1.29 is 9.90 Å². The van der Waals surface area contributed by atoms with Gasteiger partial charge in [0.1, 0.15) is 0 Å². The number of aromatic carboxylic acids is 1. The SMILES string of the molecule is CCCCc1c(C)n(CC)c2c(C(=O)O)c(C)ccc12. The highest BCUT2D eigenvalue weighted by atomic mass is 16.4. The summed E-state index contributed by atoms with van der Waals surface area (Å²) >= 11 is 0. The maximum atomic E-state index is 11.6. The van der Waals surface area contributed by atoms with Crippen molar-refractivity contribution in [2.75, 3.05) is 0 Å². The van der Waals surface area contributed by atoms with Gasteiger partial charge in [0, 0.05) is 17.6 Å². The van der Waals surface area contributed by atoms with Crippen LogP contribution in [0.15, 0.2) is 12.1 Å². The quantitative estimate of drug-likeness (QED) is 0.881. The second-order valence-electron chi connectivity index (χ2n) is 5.37. The van der Waals surface area contributed by atoms with Gasteiger partial charge in [-0.05, 0) is 44.7 Å². The molecule has 3 heteroatoms. The number of hydrogen-bond acceptors (Lipinski definition) is 1. The molecule has 108 valence electrons. The van der Waals surface area contributed by atoms with Crippen molar-refractivity contribution in [2.45, 2.75) is 53.5 Å². The predicted molar refractivity (Wildman–Crippen MR) is 82.7 cm³/mol. The lowest BCUT2D eigenvalue weighted by atomic mass is 10.0. The molecule has 1 heterocycles. The Morgan fingerprint density at radius 3 is 2.50 bits per heavy atom. The number of fused-ring (bicyclic) bond motifs is 1. The highest BCUT2D eigenvalue weighted by Gasteiger charge is 2.20. The second kappa shape index (κ2) is 5.70. The molecular formula is C17H23NO2. The Bertz CT molecular complexity index is 653. The largest absolute Gasteiger partial charge is 0.478 e. The fourth-order valence-electron chi connectivity index (χ4n) is 3.08. The molecule has 0 aliphatic rings. The first kappa shape index (κ1) is 14.6. The van der Waals surface area contributed by atoms with Gasteiger partial charge in [-0.25, -0.2) is 4.79 Å². The maximum Gasteiger partial charge on any atom is 0.338 e. The summed E-state index contributed by atoms with van der Waals surface area (Å²) in [5, 5.41) is 10.7. The summed E-state index contributed by atoms with van der Waals surface area (Å²) in [5.41, 5.74) is 4.70. The van der Waals surface area contributed by atoms with Crippen LogP contribution in [-0.2, 0) is 13.0 Å². The van der Waals surface area contributed by atoms with E-state index < -0.39 is 5.97 Å². The molecule has 2 rings (SSSR count). The minimum Gasteiger partial charge on any atom is -0.478 e. The molecule has 20 heavy (non-hydrogen) atoms. The van der Waals surface area contributed by atoms with E-state index in [9.17, 15) is 9.90 Å². The van der Waals surface area contributed by atoms with E-state index in [0.29, 0.717) is 5.56 Å². The third-order valence-corrected chi connectivity index (χ3v) is 4.13. The molecule has 3 nitrogen and oxygen atoms in total. The molecule has 0 spiro atoms. The summed E-state index contributed by atoms with van der Waals surface area (Å²) in [7, 11) is 0. The predicted octanol–water partition coefficient (Wildman–Crippen LogP) is 4.32. The lowest BCUT2D eigenvalue weighted by molar-refractivity contribution is 0.0698. The zero-order valence-electron chi connectivity index (χ0n) is 12.8. The van der Waals surface area contributed by atoms with Crippen LogP contribution in [0.4, 0.5) is 0 Å². The molecule has 1 N–H and O–H groups in total. The minimum absolute atomic E-state index is 0.454. The normalized spacial score (nSPS) is 11.2. The van der Waals surface area contributed by atoms with Crippen molar-refractivity contribution in [3.63, 3.8) is 0 Å². The number of benzene rings is 1.